The number of amides is 1. The van der Waals surface area contributed by atoms with E-state index < -0.39 is 6.10 Å². The zero-order valence-corrected chi connectivity index (χ0v) is 14.1. The Bertz CT molecular complexity index is 625. The van der Waals surface area contributed by atoms with Crippen molar-refractivity contribution >= 4 is 5.91 Å². The van der Waals surface area contributed by atoms with Crippen molar-refractivity contribution in [1.29, 1.82) is 0 Å². The van der Waals surface area contributed by atoms with E-state index in [1.165, 1.54) is 0 Å². The minimum Gasteiger partial charge on any atom is -0.480 e. The van der Waals surface area contributed by atoms with E-state index in [-0.39, 0.29) is 11.9 Å². The highest BCUT2D eigenvalue weighted by Gasteiger charge is 2.22. The standard InChI is InChI=1S/C20H25NO2/c1-4-17(16-12-7-6-8-13-16)21-20(22)18(5-2)23-19-14-10-9-11-15(19)3/h6-14,17-18H,4-5H2,1-3H3,(H,21,22)/t17-,18+/m0/s1. The molecule has 23 heavy (non-hydrogen) atoms. The molecule has 0 spiro atoms. The van der Waals surface area contributed by atoms with E-state index in [0.717, 1.165) is 23.3 Å². The van der Waals surface area contributed by atoms with Crippen molar-refractivity contribution in [2.24, 2.45) is 0 Å². The lowest BCUT2D eigenvalue weighted by atomic mass is 10.0. The van der Waals surface area contributed by atoms with E-state index in [4.69, 9.17) is 4.74 Å². The molecule has 0 unspecified atom stereocenters. The van der Waals surface area contributed by atoms with Gasteiger partial charge in [0.1, 0.15) is 5.75 Å². The van der Waals surface area contributed by atoms with Gasteiger partial charge in [0.05, 0.1) is 6.04 Å². The molecule has 2 rings (SSSR count). The molecule has 1 amide bonds. The molecule has 0 aliphatic heterocycles. The largest absolute Gasteiger partial charge is 0.480 e. The van der Waals surface area contributed by atoms with E-state index in [2.05, 4.69) is 12.2 Å². The number of hydrogen-bond donors (Lipinski definition) is 1. The number of rotatable bonds is 7. The van der Waals surface area contributed by atoms with Crippen LogP contribution in [0, 0.1) is 6.92 Å². The first-order chi connectivity index (χ1) is 11.2. The topological polar surface area (TPSA) is 38.3 Å². The third kappa shape index (κ3) is 4.59. The van der Waals surface area contributed by atoms with Gasteiger partial charge < -0.3 is 10.1 Å². The monoisotopic (exact) mass is 311 g/mol. The SMILES string of the molecule is CC[C@H](NC(=O)[C@@H](CC)Oc1ccccc1C)c1ccccc1. The lowest BCUT2D eigenvalue weighted by Crippen LogP contribution is -2.40. The average Bonchev–Trinajstić information content (AvgIpc) is 2.59. The quantitative estimate of drug-likeness (QED) is 0.822. The van der Waals surface area contributed by atoms with Crippen LogP contribution in [0.5, 0.6) is 5.75 Å². The molecule has 2 aromatic carbocycles. The summed E-state index contributed by atoms with van der Waals surface area (Å²) < 4.78 is 5.93. The summed E-state index contributed by atoms with van der Waals surface area (Å²) in [6.45, 7) is 6.02. The summed E-state index contributed by atoms with van der Waals surface area (Å²) in [4.78, 5) is 12.6. The molecule has 3 nitrogen and oxygen atoms in total. The Morgan fingerprint density at radius 2 is 1.65 bits per heavy atom. The average molecular weight is 311 g/mol. The first-order valence-corrected chi connectivity index (χ1v) is 8.23. The number of carbonyl (C=O) groups excluding carboxylic acids is 1. The second-order valence-electron chi connectivity index (χ2n) is 5.66. The van der Waals surface area contributed by atoms with Crippen LogP contribution in [-0.2, 0) is 4.79 Å². The Balaban J connectivity index is 2.06. The number of benzene rings is 2. The third-order valence-corrected chi connectivity index (χ3v) is 3.95. The highest BCUT2D eigenvalue weighted by Crippen LogP contribution is 2.20. The molecule has 0 saturated heterocycles. The summed E-state index contributed by atoms with van der Waals surface area (Å²) in [7, 11) is 0. The van der Waals surface area contributed by atoms with Gasteiger partial charge in [0.2, 0.25) is 0 Å². The molecular weight excluding hydrogens is 286 g/mol. The van der Waals surface area contributed by atoms with E-state index in [0.29, 0.717) is 6.42 Å². The lowest BCUT2D eigenvalue weighted by molar-refractivity contribution is -0.129. The van der Waals surface area contributed by atoms with Crippen LogP contribution < -0.4 is 10.1 Å². The number of aryl methyl sites for hydroxylation is 1. The summed E-state index contributed by atoms with van der Waals surface area (Å²) in [5.41, 5.74) is 2.16. The zero-order chi connectivity index (χ0) is 16.7. The molecule has 3 heteroatoms. The highest BCUT2D eigenvalue weighted by molar-refractivity contribution is 5.81. The maximum atomic E-state index is 12.6. The van der Waals surface area contributed by atoms with E-state index in [1.54, 1.807) is 0 Å². The Labute approximate surface area is 138 Å². The molecule has 2 atom stereocenters. The van der Waals surface area contributed by atoms with Crippen LogP contribution in [0.3, 0.4) is 0 Å². The Kier molecular flexibility index (Phi) is 6.21. The van der Waals surface area contributed by atoms with Gasteiger partial charge in [-0.25, -0.2) is 0 Å². The second kappa shape index (κ2) is 8.37. The van der Waals surface area contributed by atoms with Gasteiger partial charge in [0.15, 0.2) is 6.10 Å². The number of ether oxygens (including phenoxy) is 1. The highest BCUT2D eigenvalue weighted by atomic mass is 16.5. The van der Waals surface area contributed by atoms with Gasteiger partial charge in [-0.05, 0) is 37.0 Å². The molecule has 2 aromatic rings. The minimum absolute atomic E-state index is 0.0122. The van der Waals surface area contributed by atoms with Gasteiger partial charge in [-0.3, -0.25) is 4.79 Å². The smallest absolute Gasteiger partial charge is 0.261 e. The van der Waals surface area contributed by atoms with Gasteiger partial charge in [0.25, 0.3) is 5.91 Å². The van der Waals surface area contributed by atoms with Crippen molar-refractivity contribution in [3.8, 4) is 5.75 Å². The van der Waals surface area contributed by atoms with Gasteiger partial charge >= 0.3 is 0 Å². The van der Waals surface area contributed by atoms with Crippen LogP contribution >= 0.6 is 0 Å². The maximum absolute atomic E-state index is 12.6. The van der Waals surface area contributed by atoms with E-state index >= 15 is 0 Å². The van der Waals surface area contributed by atoms with Crippen molar-refractivity contribution in [1.82, 2.24) is 5.32 Å². The molecule has 0 aromatic heterocycles. The molecule has 0 aliphatic rings. The maximum Gasteiger partial charge on any atom is 0.261 e. The molecular formula is C20H25NO2. The predicted molar refractivity (Wildman–Crippen MR) is 93.5 cm³/mol. The molecule has 0 bridgehead atoms. The second-order valence-corrected chi connectivity index (χ2v) is 5.66. The summed E-state index contributed by atoms with van der Waals surface area (Å²) in [5, 5.41) is 3.11. The molecule has 1 N–H and O–H groups in total. The number of para-hydroxylation sites is 1. The van der Waals surface area contributed by atoms with Gasteiger partial charge in [-0.15, -0.1) is 0 Å². The summed E-state index contributed by atoms with van der Waals surface area (Å²) in [5.74, 6) is 0.703. The first-order valence-electron chi connectivity index (χ1n) is 8.23. The van der Waals surface area contributed by atoms with Crippen LogP contribution in [0.2, 0.25) is 0 Å². The van der Waals surface area contributed by atoms with Crippen molar-refractivity contribution in [2.45, 2.75) is 45.8 Å². The van der Waals surface area contributed by atoms with Crippen LogP contribution in [-0.4, -0.2) is 12.0 Å². The van der Waals surface area contributed by atoms with Crippen LogP contribution in [0.25, 0.3) is 0 Å². The number of carbonyl (C=O) groups is 1. The van der Waals surface area contributed by atoms with Crippen LogP contribution in [0.15, 0.2) is 54.6 Å². The summed E-state index contributed by atoms with van der Waals surface area (Å²) in [6, 6.07) is 17.8. The normalized spacial score (nSPS) is 13.2. The fourth-order valence-corrected chi connectivity index (χ4v) is 2.54. The molecule has 0 fully saturated rings. The first kappa shape index (κ1) is 17.1. The van der Waals surface area contributed by atoms with Crippen LogP contribution in [0.4, 0.5) is 0 Å². The van der Waals surface area contributed by atoms with Crippen molar-refractivity contribution in [3.05, 3.63) is 65.7 Å². The van der Waals surface area contributed by atoms with E-state index in [1.807, 2.05) is 68.4 Å². The Morgan fingerprint density at radius 3 is 2.26 bits per heavy atom. The van der Waals surface area contributed by atoms with Crippen LogP contribution in [0.1, 0.15) is 43.9 Å². The Morgan fingerprint density at radius 1 is 1.00 bits per heavy atom. The minimum atomic E-state index is -0.478. The summed E-state index contributed by atoms with van der Waals surface area (Å²) in [6.07, 6.45) is 0.996. The van der Waals surface area contributed by atoms with Crippen molar-refractivity contribution in [2.75, 3.05) is 0 Å². The molecule has 122 valence electrons. The Hall–Kier alpha value is -2.29. The van der Waals surface area contributed by atoms with Crippen molar-refractivity contribution < 1.29 is 9.53 Å². The zero-order valence-electron chi connectivity index (χ0n) is 14.1. The van der Waals surface area contributed by atoms with Gasteiger partial charge in [-0.2, -0.15) is 0 Å². The fourth-order valence-electron chi connectivity index (χ4n) is 2.54. The fraction of sp³-hybridized carbons (Fsp3) is 0.350. The molecule has 0 radical (unpaired) electrons. The number of nitrogens with one attached hydrogen (secondary N) is 1. The van der Waals surface area contributed by atoms with Gasteiger partial charge in [-0.1, -0.05) is 62.4 Å². The molecule has 0 heterocycles. The molecule has 0 saturated carbocycles. The predicted octanol–water partition coefficient (Wildman–Crippen LogP) is 4.42. The summed E-state index contributed by atoms with van der Waals surface area (Å²) >= 11 is 0. The third-order valence-electron chi connectivity index (χ3n) is 3.95. The van der Waals surface area contributed by atoms with Gasteiger partial charge in [0, 0.05) is 0 Å². The lowest BCUT2D eigenvalue weighted by Gasteiger charge is -2.23. The number of hydrogen-bond acceptors (Lipinski definition) is 2. The van der Waals surface area contributed by atoms with E-state index in [9.17, 15) is 4.79 Å². The molecule has 0 aliphatic carbocycles. The van der Waals surface area contributed by atoms with Crippen molar-refractivity contribution in [3.63, 3.8) is 0 Å².